The molecule has 1 amide bonds. The first-order chi connectivity index (χ1) is 7.56. The second kappa shape index (κ2) is 5.89. The molecule has 0 aromatic heterocycles. The van der Waals surface area contributed by atoms with Gasteiger partial charge < -0.3 is 4.90 Å². The van der Waals surface area contributed by atoms with Crippen molar-refractivity contribution >= 4 is 17.0 Å². The third-order valence-corrected chi connectivity index (χ3v) is 3.15. The number of halogens is 1. The van der Waals surface area contributed by atoms with Gasteiger partial charge in [0, 0.05) is 18.0 Å². The Hall–Kier alpha value is -1.03. The number of rotatable bonds is 3. The molecule has 0 aliphatic heterocycles. The van der Waals surface area contributed by atoms with Crippen molar-refractivity contribution < 1.29 is 9.18 Å². The van der Waals surface area contributed by atoms with Crippen molar-refractivity contribution in [2.75, 3.05) is 13.1 Å². The van der Waals surface area contributed by atoms with Crippen LogP contribution < -0.4 is 0 Å². The van der Waals surface area contributed by atoms with Crippen molar-refractivity contribution in [2.24, 2.45) is 0 Å². The van der Waals surface area contributed by atoms with E-state index in [0.717, 1.165) is 17.3 Å². The summed E-state index contributed by atoms with van der Waals surface area (Å²) in [4.78, 5) is 14.1. The molecule has 4 heteroatoms. The molecule has 1 aromatic rings. The number of carbonyl (C=O) groups is 1. The van der Waals surface area contributed by atoms with Crippen molar-refractivity contribution in [3.63, 3.8) is 0 Å². The van der Waals surface area contributed by atoms with Crippen LogP contribution in [0.15, 0.2) is 23.1 Å². The molecule has 16 heavy (non-hydrogen) atoms. The fourth-order valence-corrected chi connectivity index (χ4v) is 2.41. The maximum Gasteiger partial charge on any atom is 0.286 e. The third-order valence-electron chi connectivity index (χ3n) is 2.24. The lowest BCUT2D eigenvalue weighted by molar-refractivity contribution is 0.228. The number of amides is 1. The molecule has 1 aromatic carbocycles. The van der Waals surface area contributed by atoms with E-state index < -0.39 is 0 Å². The van der Waals surface area contributed by atoms with Gasteiger partial charge >= 0.3 is 0 Å². The summed E-state index contributed by atoms with van der Waals surface area (Å²) in [5, 5.41) is -0.0324. The minimum Gasteiger partial charge on any atom is -0.334 e. The van der Waals surface area contributed by atoms with Crippen LogP contribution in [0.2, 0.25) is 0 Å². The molecule has 0 saturated carbocycles. The van der Waals surface area contributed by atoms with Crippen LogP contribution in [0.3, 0.4) is 0 Å². The summed E-state index contributed by atoms with van der Waals surface area (Å²) in [6.07, 6.45) is 0. The van der Waals surface area contributed by atoms with E-state index in [1.54, 1.807) is 4.90 Å². The minimum atomic E-state index is -0.296. The molecule has 88 valence electrons. The van der Waals surface area contributed by atoms with Gasteiger partial charge in [-0.05, 0) is 56.3 Å². The van der Waals surface area contributed by atoms with Gasteiger partial charge in [-0.15, -0.1) is 0 Å². The fraction of sp³-hybridized carbons (Fsp3) is 0.417. The van der Waals surface area contributed by atoms with Crippen molar-refractivity contribution in [1.29, 1.82) is 0 Å². The predicted octanol–water partition coefficient (Wildman–Crippen LogP) is 3.69. The molecule has 0 unspecified atom stereocenters. The van der Waals surface area contributed by atoms with Crippen molar-refractivity contribution in [3.05, 3.63) is 29.6 Å². The van der Waals surface area contributed by atoms with Crippen LogP contribution in [-0.4, -0.2) is 23.2 Å². The second-order valence-corrected chi connectivity index (χ2v) is 4.53. The first kappa shape index (κ1) is 13.0. The Kier molecular flexibility index (Phi) is 4.80. The average Bonchev–Trinajstić information content (AvgIpc) is 2.17. The lowest BCUT2D eigenvalue weighted by atomic mass is 10.2. The summed E-state index contributed by atoms with van der Waals surface area (Å²) in [5.41, 5.74) is 0.829. The van der Waals surface area contributed by atoms with Gasteiger partial charge in [0.05, 0.1) is 0 Å². The zero-order valence-corrected chi connectivity index (χ0v) is 10.6. The van der Waals surface area contributed by atoms with Crippen LogP contribution in [0.25, 0.3) is 0 Å². The maximum absolute atomic E-state index is 13.1. The summed E-state index contributed by atoms with van der Waals surface area (Å²) < 4.78 is 13.1. The van der Waals surface area contributed by atoms with Crippen LogP contribution >= 0.6 is 11.8 Å². The Morgan fingerprint density at radius 1 is 1.31 bits per heavy atom. The summed E-state index contributed by atoms with van der Waals surface area (Å²) >= 11 is 1.08. The van der Waals surface area contributed by atoms with Crippen molar-refractivity contribution in [1.82, 2.24) is 4.90 Å². The summed E-state index contributed by atoms with van der Waals surface area (Å²) in [5.74, 6) is -0.296. The van der Waals surface area contributed by atoms with Crippen molar-refractivity contribution in [2.45, 2.75) is 25.7 Å². The monoisotopic (exact) mass is 241 g/mol. The number of hydrogen-bond donors (Lipinski definition) is 0. The lowest BCUT2D eigenvalue weighted by Crippen LogP contribution is -2.26. The van der Waals surface area contributed by atoms with E-state index in [9.17, 15) is 9.18 Å². The molecule has 0 N–H and O–H groups in total. The highest BCUT2D eigenvalue weighted by molar-refractivity contribution is 8.13. The third kappa shape index (κ3) is 3.52. The molecule has 0 bridgehead atoms. The van der Waals surface area contributed by atoms with Crippen LogP contribution in [0.4, 0.5) is 9.18 Å². The van der Waals surface area contributed by atoms with Crippen LogP contribution in [-0.2, 0) is 0 Å². The molecule has 2 nitrogen and oxygen atoms in total. The number of nitrogens with zero attached hydrogens (tertiary/aromatic N) is 1. The van der Waals surface area contributed by atoms with Gasteiger partial charge in [-0.25, -0.2) is 4.39 Å². The number of benzene rings is 1. The zero-order valence-electron chi connectivity index (χ0n) is 9.79. The lowest BCUT2D eigenvalue weighted by Gasteiger charge is -2.17. The van der Waals surface area contributed by atoms with E-state index in [1.165, 1.54) is 12.1 Å². The summed E-state index contributed by atoms with van der Waals surface area (Å²) in [6.45, 7) is 7.03. The smallest absolute Gasteiger partial charge is 0.286 e. The van der Waals surface area contributed by atoms with Crippen molar-refractivity contribution in [3.8, 4) is 0 Å². The Balaban J connectivity index is 2.76. The topological polar surface area (TPSA) is 20.3 Å². The minimum absolute atomic E-state index is 0.0324. The molecule has 0 atom stereocenters. The number of carbonyl (C=O) groups excluding carboxylic acids is 1. The van der Waals surface area contributed by atoms with Crippen LogP contribution in [0, 0.1) is 12.7 Å². The molecule has 0 aliphatic rings. The van der Waals surface area contributed by atoms with Gasteiger partial charge in [0.15, 0.2) is 0 Å². The van der Waals surface area contributed by atoms with Gasteiger partial charge in [-0.2, -0.15) is 0 Å². The molecule has 0 aliphatic carbocycles. The molecule has 0 saturated heterocycles. The van der Waals surface area contributed by atoms with E-state index in [1.807, 2.05) is 26.8 Å². The highest BCUT2D eigenvalue weighted by Gasteiger charge is 2.11. The normalized spacial score (nSPS) is 10.2. The molecule has 0 fully saturated rings. The van der Waals surface area contributed by atoms with E-state index >= 15 is 0 Å². The summed E-state index contributed by atoms with van der Waals surface area (Å²) in [7, 11) is 0. The van der Waals surface area contributed by atoms with Gasteiger partial charge in [0.2, 0.25) is 0 Å². The Bertz CT molecular complexity index is 357. The largest absolute Gasteiger partial charge is 0.334 e. The Labute approximate surface area is 99.8 Å². The first-order valence-electron chi connectivity index (χ1n) is 5.30. The standard InChI is InChI=1S/C12H16FNOS/c1-4-14(5-2)12(15)16-11-7-9(3)6-10(13)8-11/h6-8H,4-5H2,1-3H3. The quantitative estimate of drug-likeness (QED) is 0.752. The van der Waals surface area contributed by atoms with E-state index in [4.69, 9.17) is 0 Å². The Morgan fingerprint density at radius 2 is 1.94 bits per heavy atom. The Morgan fingerprint density at radius 3 is 2.44 bits per heavy atom. The van der Waals surface area contributed by atoms with E-state index in [2.05, 4.69) is 0 Å². The first-order valence-corrected chi connectivity index (χ1v) is 6.12. The molecule has 0 spiro atoms. The van der Waals surface area contributed by atoms with Gasteiger partial charge in [-0.3, -0.25) is 4.79 Å². The van der Waals surface area contributed by atoms with E-state index in [-0.39, 0.29) is 11.1 Å². The number of hydrogen-bond acceptors (Lipinski definition) is 2. The summed E-state index contributed by atoms with van der Waals surface area (Å²) in [6, 6.07) is 4.65. The van der Waals surface area contributed by atoms with E-state index in [0.29, 0.717) is 18.0 Å². The molecule has 1 rings (SSSR count). The van der Waals surface area contributed by atoms with Crippen LogP contribution in [0.1, 0.15) is 19.4 Å². The molecular weight excluding hydrogens is 225 g/mol. The predicted molar refractivity (Wildman–Crippen MR) is 65.3 cm³/mol. The zero-order chi connectivity index (χ0) is 12.1. The average molecular weight is 241 g/mol. The molecule has 0 radical (unpaired) electrons. The van der Waals surface area contributed by atoms with Gasteiger partial charge in [0.25, 0.3) is 5.24 Å². The molecular formula is C12H16FNOS. The van der Waals surface area contributed by atoms with Gasteiger partial charge in [0.1, 0.15) is 5.82 Å². The highest BCUT2D eigenvalue weighted by atomic mass is 32.2. The second-order valence-electron chi connectivity index (χ2n) is 3.50. The molecule has 0 heterocycles. The number of aryl methyl sites for hydroxylation is 1. The van der Waals surface area contributed by atoms with Crippen LogP contribution in [0.5, 0.6) is 0 Å². The fourth-order valence-electron chi connectivity index (χ4n) is 1.41. The highest BCUT2D eigenvalue weighted by Crippen LogP contribution is 2.23. The van der Waals surface area contributed by atoms with Gasteiger partial charge in [-0.1, -0.05) is 0 Å². The maximum atomic E-state index is 13.1. The number of thioether (sulfide) groups is 1. The SMILES string of the molecule is CCN(CC)C(=O)Sc1cc(C)cc(F)c1.